The average molecular weight is 865 g/mol. The predicted molar refractivity (Wildman–Crippen MR) is 280 cm³/mol. The van der Waals surface area contributed by atoms with E-state index in [1.54, 1.807) is 0 Å². The second kappa shape index (κ2) is 18.1. The van der Waals surface area contributed by atoms with Crippen LogP contribution in [0.4, 0.5) is 22.7 Å². The lowest BCUT2D eigenvalue weighted by atomic mass is 9.94. The molecule has 0 fully saturated rings. The Morgan fingerprint density at radius 3 is 1.17 bits per heavy atom. The van der Waals surface area contributed by atoms with Gasteiger partial charge in [0, 0.05) is 33.1 Å². The number of nitrogens with one attached hydrogen (secondary N) is 4. The summed E-state index contributed by atoms with van der Waals surface area (Å²) in [5.74, 6) is 1.97. The Balaban J connectivity index is 0.758. The highest BCUT2D eigenvalue weighted by molar-refractivity contribution is 8.14. The fourth-order valence-corrected chi connectivity index (χ4v) is 11.0. The Kier molecular flexibility index (Phi) is 11.3. The van der Waals surface area contributed by atoms with Gasteiger partial charge in [-0.1, -0.05) is 146 Å². The Labute approximate surface area is 382 Å². The van der Waals surface area contributed by atoms with Crippen molar-refractivity contribution >= 4 is 121 Å². The monoisotopic (exact) mass is 864 g/mol. The van der Waals surface area contributed by atoms with Crippen LogP contribution in [-0.2, 0) is 12.8 Å². The first-order valence-electron chi connectivity index (χ1n) is 22.3. The first-order chi connectivity index (χ1) is 31.7. The summed E-state index contributed by atoms with van der Waals surface area (Å²) in [6.07, 6.45) is 4.22. The zero-order valence-electron chi connectivity index (χ0n) is 35.5. The highest BCUT2D eigenvalue weighted by Gasteiger charge is 2.17. The van der Waals surface area contributed by atoms with Gasteiger partial charge in [0.1, 0.15) is 22.7 Å². The molecule has 0 aliphatic heterocycles. The van der Waals surface area contributed by atoms with E-state index in [-0.39, 0.29) is 0 Å². The Morgan fingerprint density at radius 1 is 0.359 bits per heavy atom. The third-order valence-corrected chi connectivity index (χ3v) is 14.3. The number of amidine groups is 2. The molecule has 0 heterocycles. The van der Waals surface area contributed by atoms with Gasteiger partial charge in [-0.3, -0.25) is 0 Å². The van der Waals surface area contributed by atoms with Crippen molar-refractivity contribution < 1.29 is 9.98 Å². The molecule has 64 heavy (non-hydrogen) atoms. The summed E-state index contributed by atoms with van der Waals surface area (Å²) in [5.41, 5.74) is 7.18. The smallest absolute Gasteiger partial charge is 0.235 e. The van der Waals surface area contributed by atoms with Gasteiger partial charge in [-0.15, -0.1) is 0 Å². The molecular formula is C58H48N4S2+2. The van der Waals surface area contributed by atoms with Gasteiger partial charge in [0.15, 0.2) is 0 Å². The molecule has 4 N–H and O–H groups in total. The molecule has 11 rings (SSSR count). The molecule has 0 amide bonds. The van der Waals surface area contributed by atoms with Crippen LogP contribution in [0, 0.1) is 0 Å². The van der Waals surface area contributed by atoms with E-state index in [2.05, 4.69) is 215 Å². The summed E-state index contributed by atoms with van der Waals surface area (Å²) in [6.45, 7) is 0. The second-order valence-corrected chi connectivity index (χ2v) is 18.8. The molecule has 0 unspecified atom stereocenters. The van der Waals surface area contributed by atoms with Crippen LogP contribution in [0.2, 0.25) is 0 Å². The van der Waals surface area contributed by atoms with Gasteiger partial charge in [0.2, 0.25) is 0 Å². The van der Waals surface area contributed by atoms with Gasteiger partial charge >= 0.3 is 10.3 Å². The van der Waals surface area contributed by atoms with Crippen LogP contribution in [0.5, 0.6) is 0 Å². The largest absolute Gasteiger partial charge is 0.314 e. The molecule has 0 aromatic heterocycles. The lowest BCUT2D eigenvalue weighted by molar-refractivity contribution is -0.348. The van der Waals surface area contributed by atoms with Crippen molar-refractivity contribution in [1.82, 2.24) is 0 Å². The van der Waals surface area contributed by atoms with Gasteiger partial charge < -0.3 is 0 Å². The number of hydrogen-bond acceptors (Lipinski definition) is 2. The normalized spacial score (nSPS) is 12.4. The number of thioether (sulfide) groups is 2. The van der Waals surface area contributed by atoms with Gasteiger partial charge in [-0.2, -0.15) is 0 Å². The lowest BCUT2D eigenvalue weighted by Gasteiger charge is -2.12. The van der Waals surface area contributed by atoms with E-state index in [1.165, 1.54) is 75.8 Å². The van der Waals surface area contributed by atoms with Crippen LogP contribution in [0.15, 0.2) is 194 Å². The molecule has 0 aliphatic rings. The second-order valence-electron chi connectivity index (χ2n) is 16.6. The van der Waals surface area contributed by atoms with Crippen LogP contribution < -0.4 is 20.6 Å². The lowest BCUT2D eigenvalue weighted by Crippen LogP contribution is -2.67. The maximum Gasteiger partial charge on any atom is 0.314 e. The van der Waals surface area contributed by atoms with Crippen molar-refractivity contribution in [2.24, 2.45) is 0 Å². The third-order valence-electron chi connectivity index (χ3n) is 12.3. The molecule has 0 radical (unpaired) electrons. The van der Waals surface area contributed by atoms with Gasteiger partial charge in [0.25, 0.3) is 0 Å². The minimum absolute atomic E-state index is 0.987. The summed E-state index contributed by atoms with van der Waals surface area (Å²) in [6, 6.07) is 70.3. The van der Waals surface area contributed by atoms with E-state index in [0.717, 1.165) is 70.3 Å². The average Bonchev–Trinajstić information content (AvgIpc) is 3.34. The van der Waals surface area contributed by atoms with Gasteiger partial charge in [0.05, 0.1) is 0 Å². The first kappa shape index (κ1) is 40.0. The predicted octanol–water partition coefficient (Wildman–Crippen LogP) is 12.6. The molecule has 0 saturated carbocycles. The third kappa shape index (κ3) is 8.35. The molecule has 11 aromatic rings. The Bertz CT molecular complexity index is 3200. The van der Waals surface area contributed by atoms with E-state index >= 15 is 0 Å². The number of benzene rings is 11. The zero-order valence-corrected chi connectivity index (χ0v) is 37.2. The van der Waals surface area contributed by atoms with Crippen LogP contribution in [-0.4, -0.2) is 21.8 Å². The highest BCUT2D eigenvalue weighted by Crippen LogP contribution is 2.38. The zero-order chi connectivity index (χ0) is 42.7. The van der Waals surface area contributed by atoms with Crippen molar-refractivity contribution in [2.75, 3.05) is 22.1 Å². The SMILES string of the molecule is c1ccc(NC(=[NH+]c2ccc3ccc4cccc5ccc2c3c45)SCCCc2cccc(CCCSC(Nc3ccccc3)=[NH+]c3ccc4ccc5cccc6ccc3c4c56)c2)cc1. The number of para-hydroxylation sites is 2. The van der Waals surface area contributed by atoms with E-state index < -0.39 is 0 Å². The Morgan fingerprint density at radius 2 is 0.734 bits per heavy atom. The van der Waals surface area contributed by atoms with Crippen molar-refractivity contribution in [2.45, 2.75) is 25.7 Å². The van der Waals surface area contributed by atoms with Crippen molar-refractivity contribution in [1.29, 1.82) is 0 Å². The standard InChI is InChI=1S/C58H46N4S2/c1-3-20-47(21-4-1)59-57(61-51-34-30-45-26-24-41-16-8-18-43-28-32-49(51)55(45)53(41)43)63-36-10-14-39-12-7-13-40(38-39)15-11-37-64-58(60-48-22-5-2-6-23-48)62-52-35-31-46-27-25-42-17-9-19-44-29-33-50(52)56(46)54(42)44/h1-9,12-13,16-35,38H,10-11,14-15,36-37H2,(H,59,61)(H,60,62)/p+2. The van der Waals surface area contributed by atoms with Crippen molar-refractivity contribution in [3.63, 3.8) is 0 Å². The summed E-state index contributed by atoms with van der Waals surface area (Å²) >= 11 is 3.71. The van der Waals surface area contributed by atoms with Gasteiger partial charge in [-0.05, 0) is 152 Å². The highest BCUT2D eigenvalue weighted by atomic mass is 32.2. The van der Waals surface area contributed by atoms with Crippen LogP contribution in [0.3, 0.4) is 0 Å². The van der Waals surface area contributed by atoms with Crippen molar-refractivity contribution in [3.8, 4) is 0 Å². The fraction of sp³-hybridized carbons (Fsp3) is 0.103. The van der Waals surface area contributed by atoms with Crippen LogP contribution >= 0.6 is 23.5 Å². The van der Waals surface area contributed by atoms with Crippen LogP contribution in [0.25, 0.3) is 64.6 Å². The molecule has 0 bridgehead atoms. The maximum atomic E-state index is 3.83. The molecule has 0 atom stereocenters. The molecular weight excluding hydrogens is 817 g/mol. The number of hydrogen-bond donors (Lipinski definition) is 4. The van der Waals surface area contributed by atoms with E-state index in [0.29, 0.717) is 0 Å². The first-order valence-corrected chi connectivity index (χ1v) is 24.3. The minimum atomic E-state index is 0.987. The van der Waals surface area contributed by atoms with E-state index in [1.807, 2.05) is 23.5 Å². The van der Waals surface area contributed by atoms with Crippen LogP contribution in [0.1, 0.15) is 24.0 Å². The quantitative estimate of drug-likeness (QED) is 0.0428. The van der Waals surface area contributed by atoms with Crippen molar-refractivity contribution in [3.05, 3.63) is 205 Å². The van der Waals surface area contributed by atoms with E-state index in [9.17, 15) is 0 Å². The minimum Gasteiger partial charge on any atom is -0.235 e. The number of anilines is 2. The summed E-state index contributed by atoms with van der Waals surface area (Å²) in [5, 5.41) is 25.0. The van der Waals surface area contributed by atoms with E-state index in [4.69, 9.17) is 0 Å². The molecule has 6 heteroatoms. The maximum absolute atomic E-state index is 3.83. The Hall–Kier alpha value is -6.86. The molecule has 0 saturated heterocycles. The molecule has 11 aromatic carbocycles. The number of aryl methyl sites for hydroxylation is 2. The molecule has 0 aliphatic carbocycles. The molecule has 310 valence electrons. The number of rotatable bonds is 12. The fourth-order valence-electron chi connectivity index (χ4n) is 9.29. The topological polar surface area (TPSA) is 52.0 Å². The molecule has 0 spiro atoms. The summed E-state index contributed by atoms with van der Waals surface area (Å²) in [4.78, 5) is 7.65. The summed E-state index contributed by atoms with van der Waals surface area (Å²) in [7, 11) is 0. The summed E-state index contributed by atoms with van der Waals surface area (Å²) < 4.78 is 0. The molecule has 4 nitrogen and oxygen atoms in total. The van der Waals surface area contributed by atoms with Gasteiger partial charge in [-0.25, -0.2) is 20.6 Å².